The standard InChI is InChI=1S/C14H16Cl2N2O2/c1-4-11-12(19)17-14(2,3)13(20)18(11)8-5-6-9(15)10(16)7-8/h5-7,11H,4H2,1-3H3,(H,17,19). The molecule has 6 heteroatoms. The number of rotatable bonds is 2. The van der Waals surface area contributed by atoms with Gasteiger partial charge in [0, 0.05) is 5.69 Å². The van der Waals surface area contributed by atoms with Crippen LogP contribution in [0, 0.1) is 0 Å². The number of nitrogens with one attached hydrogen (secondary N) is 1. The van der Waals surface area contributed by atoms with E-state index in [4.69, 9.17) is 23.2 Å². The Kier molecular flexibility index (Phi) is 3.98. The number of hydrogen-bond acceptors (Lipinski definition) is 2. The van der Waals surface area contributed by atoms with E-state index < -0.39 is 11.6 Å². The first-order valence-electron chi connectivity index (χ1n) is 6.38. The van der Waals surface area contributed by atoms with Crippen LogP contribution in [0.4, 0.5) is 5.69 Å². The van der Waals surface area contributed by atoms with E-state index in [0.29, 0.717) is 22.2 Å². The van der Waals surface area contributed by atoms with Crippen molar-refractivity contribution in [3.05, 3.63) is 28.2 Å². The van der Waals surface area contributed by atoms with Crippen molar-refractivity contribution in [2.75, 3.05) is 4.90 Å². The molecule has 0 radical (unpaired) electrons. The van der Waals surface area contributed by atoms with Gasteiger partial charge in [0.2, 0.25) is 5.91 Å². The van der Waals surface area contributed by atoms with Crippen molar-refractivity contribution in [1.82, 2.24) is 5.32 Å². The number of carbonyl (C=O) groups is 2. The number of piperazine rings is 1. The van der Waals surface area contributed by atoms with Crippen molar-refractivity contribution in [2.24, 2.45) is 0 Å². The molecule has 20 heavy (non-hydrogen) atoms. The normalized spacial score (nSPS) is 21.9. The third-order valence-electron chi connectivity index (χ3n) is 3.37. The van der Waals surface area contributed by atoms with E-state index in [0.717, 1.165) is 0 Å². The average Bonchev–Trinajstić information content (AvgIpc) is 2.36. The molecule has 1 aliphatic heterocycles. The maximum Gasteiger partial charge on any atom is 0.252 e. The lowest BCUT2D eigenvalue weighted by Gasteiger charge is -2.42. The maximum absolute atomic E-state index is 12.6. The summed E-state index contributed by atoms with van der Waals surface area (Å²) in [6.07, 6.45) is 0.522. The van der Waals surface area contributed by atoms with Crippen LogP contribution in [0.25, 0.3) is 0 Å². The molecule has 1 fully saturated rings. The molecule has 0 spiro atoms. The van der Waals surface area contributed by atoms with Crippen LogP contribution >= 0.6 is 23.2 Å². The topological polar surface area (TPSA) is 49.4 Å². The van der Waals surface area contributed by atoms with Gasteiger partial charge in [0.25, 0.3) is 5.91 Å². The summed E-state index contributed by atoms with van der Waals surface area (Å²) < 4.78 is 0. The molecule has 1 heterocycles. The number of carbonyl (C=O) groups excluding carboxylic acids is 2. The predicted octanol–water partition coefficient (Wildman–Crippen LogP) is 3.01. The minimum Gasteiger partial charge on any atom is -0.340 e. The van der Waals surface area contributed by atoms with Crippen molar-refractivity contribution in [3.63, 3.8) is 0 Å². The fourth-order valence-corrected chi connectivity index (χ4v) is 2.60. The Morgan fingerprint density at radius 2 is 1.90 bits per heavy atom. The van der Waals surface area contributed by atoms with Crippen molar-refractivity contribution < 1.29 is 9.59 Å². The molecule has 1 aromatic rings. The molecule has 1 aromatic carbocycles. The zero-order valence-corrected chi connectivity index (χ0v) is 13.0. The van der Waals surface area contributed by atoms with Gasteiger partial charge in [-0.1, -0.05) is 30.1 Å². The zero-order valence-electron chi connectivity index (χ0n) is 11.5. The van der Waals surface area contributed by atoms with Crippen LogP contribution in [0.15, 0.2) is 18.2 Å². The molecule has 0 aromatic heterocycles. The second kappa shape index (κ2) is 5.26. The van der Waals surface area contributed by atoms with Gasteiger partial charge in [0.1, 0.15) is 11.6 Å². The van der Waals surface area contributed by atoms with Gasteiger partial charge in [-0.05, 0) is 38.5 Å². The quantitative estimate of drug-likeness (QED) is 0.912. The number of halogens is 2. The predicted molar refractivity (Wildman–Crippen MR) is 80.2 cm³/mol. The molecule has 0 aliphatic carbocycles. The molecule has 1 saturated heterocycles. The van der Waals surface area contributed by atoms with E-state index in [2.05, 4.69) is 5.32 Å². The number of benzene rings is 1. The fraction of sp³-hybridized carbons (Fsp3) is 0.429. The molecular weight excluding hydrogens is 299 g/mol. The van der Waals surface area contributed by atoms with Crippen LogP contribution in [0.1, 0.15) is 27.2 Å². The summed E-state index contributed by atoms with van der Waals surface area (Å²) in [6, 6.07) is 4.40. The lowest BCUT2D eigenvalue weighted by Crippen LogP contribution is -2.68. The molecule has 1 unspecified atom stereocenters. The first kappa shape index (κ1) is 15.1. The minimum atomic E-state index is -0.936. The molecule has 1 atom stereocenters. The molecular formula is C14H16Cl2N2O2. The van der Waals surface area contributed by atoms with Crippen LogP contribution in [0.2, 0.25) is 10.0 Å². The largest absolute Gasteiger partial charge is 0.340 e. The number of nitrogens with zero attached hydrogens (tertiary/aromatic N) is 1. The van der Waals surface area contributed by atoms with Gasteiger partial charge in [-0.2, -0.15) is 0 Å². The van der Waals surface area contributed by atoms with E-state index in [9.17, 15) is 9.59 Å². The second-order valence-corrected chi connectivity index (χ2v) is 6.13. The van der Waals surface area contributed by atoms with E-state index in [-0.39, 0.29) is 11.8 Å². The summed E-state index contributed by atoms with van der Waals surface area (Å²) in [4.78, 5) is 26.3. The van der Waals surface area contributed by atoms with Gasteiger partial charge in [0.15, 0.2) is 0 Å². The van der Waals surface area contributed by atoms with Crippen molar-refractivity contribution in [2.45, 2.75) is 38.8 Å². The Labute approximate surface area is 128 Å². The summed E-state index contributed by atoms with van der Waals surface area (Å²) in [7, 11) is 0. The fourth-order valence-electron chi connectivity index (χ4n) is 2.30. The number of anilines is 1. The SMILES string of the molecule is CCC1C(=O)NC(C)(C)C(=O)N1c1ccc(Cl)c(Cl)c1. The van der Waals surface area contributed by atoms with Gasteiger partial charge in [-0.25, -0.2) is 0 Å². The molecule has 4 nitrogen and oxygen atoms in total. The summed E-state index contributed by atoms with van der Waals surface area (Å²) in [5.41, 5.74) is -0.353. The van der Waals surface area contributed by atoms with Crippen LogP contribution < -0.4 is 10.2 Å². The molecule has 0 bridgehead atoms. The minimum absolute atomic E-state index is 0.164. The molecule has 0 saturated carbocycles. The van der Waals surface area contributed by atoms with Gasteiger partial charge in [-0.15, -0.1) is 0 Å². The molecule has 1 aliphatic rings. The summed E-state index contributed by atoms with van der Waals surface area (Å²) in [5.74, 6) is -0.328. The molecule has 2 rings (SSSR count). The van der Waals surface area contributed by atoms with E-state index in [1.807, 2.05) is 6.92 Å². The second-order valence-electron chi connectivity index (χ2n) is 5.31. The Morgan fingerprint density at radius 1 is 1.25 bits per heavy atom. The average molecular weight is 315 g/mol. The molecule has 108 valence electrons. The lowest BCUT2D eigenvalue weighted by atomic mass is 9.95. The van der Waals surface area contributed by atoms with Gasteiger partial charge in [-0.3, -0.25) is 14.5 Å². The number of amides is 2. The van der Waals surface area contributed by atoms with E-state index >= 15 is 0 Å². The first-order valence-corrected chi connectivity index (χ1v) is 7.14. The monoisotopic (exact) mass is 314 g/mol. The van der Waals surface area contributed by atoms with E-state index in [1.54, 1.807) is 32.0 Å². The van der Waals surface area contributed by atoms with Gasteiger partial charge < -0.3 is 5.32 Å². The Balaban J connectivity index is 2.51. The Morgan fingerprint density at radius 3 is 2.45 bits per heavy atom. The lowest BCUT2D eigenvalue weighted by molar-refractivity contribution is -0.137. The third kappa shape index (κ3) is 2.50. The first-order chi connectivity index (χ1) is 9.27. The van der Waals surface area contributed by atoms with Gasteiger partial charge in [0.05, 0.1) is 10.0 Å². The smallest absolute Gasteiger partial charge is 0.252 e. The van der Waals surface area contributed by atoms with Crippen LogP contribution in [-0.2, 0) is 9.59 Å². The summed E-state index contributed by atoms with van der Waals surface area (Å²) >= 11 is 11.9. The highest BCUT2D eigenvalue weighted by molar-refractivity contribution is 6.42. The third-order valence-corrected chi connectivity index (χ3v) is 4.11. The van der Waals surface area contributed by atoms with Crippen molar-refractivity contribution in [3.8, 4) is 0 Å². The maximum atomic E-state index is 12.6. The molecule has 1 N–H and O–H groups in total. The highest BCUT2D eigenvalue weighted by Gasteiger charge is 2.45. The highest BCUT2D eigenvalue weighted by Crippen LogP contribution is 2.31. The van der Waals surface area contributed by atoms with Crippen molar-refractivity contribution >= 4 is 40.7 Å². The van der Waals surface area contributed by atoms with Crippen LogP contribution in [0.3, 0.4) is 0 Å². The van der Waals surface area contributed by atoms with Gasteiger partial charge >= 0.3 is 0 Å². The zero-order chi connectivity index (χ0) is 15.1. The summed E-state index contributed by atoms with van der Waals surface area (Å²) in [5, 5.41) is 3.51. The van der Waals surface area contributed by atoms with Crippen molar-refractivity contribution in [1.29, 1.82) is 0 Å². The number of hydrogen-bond donors (Lipinski definition) is 1. The highest BCUT2D eigenvalue weighted by atomic mass is 35.5. The Hall–Kier alpha value is -1.26. The van der Waals surface area contributed by atoms with E-state index in [1.165, 1.54) is 4.90 Å². The van der Waals surface area contributed by atoms with Crippen LogP contribution in [0.5, 0.6) is 0 Å². The Bertz CT molecular complexity index is 572. The molecule has 2 amide bonds. The summed E-state index contributed by atoms with van der Waals surface area (Å²) in [6.45, 7) is 5.23. The van der Waals surface area contributed by atoms with Crippen LogP contribution in [-0.4, -0.2) is 23.4 Å².